The molecule has 2 aromatic carbocycles. The minimum atomic E-state index is -1.16. The third-order valence-corrected chi connectivity index (χ3v) is 9.60. The van der Waals surface area contributed by atoms with Crippen LogP contribution in [0.5, 0.6) is 0 Å². The number of aliphatic hydroxyl groups is 1. The molecule has 5 rings (SSSR count). The zero-order valence-electron chi connectivity index (χ0n) is 24.7. The van der Waals surface area contributed by atoms with E-state index >= 15 is 0 Å². The Balaban J connectivity index is 1.60. The van der Waals surface area contributed by atoms with Gasteiger partial charge in [-0.3, -0.25) is 14.4 Å². The molecule has 2 unspecified atom stereocenters. The molecule has 3 aliphatic rings. The molecular weight excluding hydrogens is 566 g/mol. The zero-order valence-corrected chi connectivity index (χ0v) is 25.4. The van der Waals surface area contributed by atoms with Crippen molar-refractivity contribution >= 4 is 40.7 Å². The van der Waals surface area contributed by atoms with Gasteiger partial charge in [0.1, 0.15) is 11.6 Å². The smallest absolute Gasteiger partial charge is 0.253 e. The summed E-state index contributed by atoms with van der Waals surface area (Å²) < 4.78 is 6.96. The van der Waals surface area contributed by atoms with Gasteiger partial charge in [-0.2, -0.15) is 0 Å². The number of aliphatic hydroxyl groups excluding tert-OH is 1. The highest BCUT2D eigenvalue weighted by Crippen LogP contribution is 2.64. The summed E-state index contributed by atoms with van der Waals surface area (Å²) in [5, 5.41) is 10.0. The lowest BCUT2D eigenvalue weighted by atomic mass is 9.64. The number of carbonyl (C=O) groups is 3. The van der Waals surface area contributed by atoms with E-state index in [0.29, 0.717) is 48.5 Å². The lowest BCUT2D eigenvalue weighted by Gasteiger charge is -2.37. The molecule has 3 heterocycles. The molecule has 2 bridgehead atoms. The number of nitrogens with zero attached hydrogens (tertiary/aromatic N) is 3. The number of hydrogen-bond acceptors (Lipinski definition) is 5. The summed E-state index contributed by atoms with van der Waals surface area (Å²) in [5.41, 5.74) is -0.687. The normalized spacial score (nSPS) is 27.2. The van der Waals surface area contributed by atoms with Crippen molar-refractivity contribution in [1.29, 1.82) is 0 Å². The fourth-order valence-electron chi connectivity index (χ4n) is 7.46. The van der Waals surface area contributed by atoms with Gasteiger partial charge < -0.3 is 24.5 Å². The molecule has 2 aromatic rings. The number of halogens is 1. The average molecular weight is 606 g/mol. The number of fused-ring (bicyclic) bond motifs is 1. The molecule has 0 radical (unpaired) electrons. The van der Waals surface area contributed by atoms with Gasteiger partial charge in [-0.25, -0.2) is 0 Å². The SMILES string of the molecule is C=CCN(C(=O)C1N(CCCCO)C(=O)[C@@H]2[C@H](C(=O)N(CC=C)c3ccccc3)[C@]3(CC)CCC12O3)c1ccc(Cl)cc1. The largest absolute Gasteiger partial charge is 0.396 e. The van der Waals surface area contributed by atoms with Crippen LogP contribution in [-0.2, 0) is 19.1 Å². The van der Waals surface area contributed by atoms with E-state index in [4.69, 9.17) is 16.3 Å². The molecule has 3 aliphatic heterocycles. The first-order chi connectivity index (χ1) is 20.8. The van der Waals surface area contributed by atoms with Gasteiger partial charge in [-0.05, 0) is 68.5 Å². The molecule has 1 spiro atoms. The van der Waals surface area contributed by atoms with Gasteiger partial charge in [0.25, 0.3) is 5.91 Å². The van der Waals surface area contributed by atoms with Crippen LogP contribution in [0.2, 0.25) is 5.02 Å². The number of carbonyl (C=O) groups excluding carboxylic acids is 3. The van der Waals surface area contributed by atoms with Gasteiger partial charge in [0.15, 0.2) is 0 Å². The van der Waals surface area contributed by atoms with E-state index in [-0.39, 0.29) is 44.0 Å². The molecule has 3 fully saturated rings. The number of likely N-dealkylation sites (tertiary alicyclic amines) is 1. The number of amides is 3. The number of ether oxygens (including phenoxy) is 1. The van der Waals surface area contributed by atoms with Crippen LogP contribution in [-0.4, -0.2) is 71.2 Å². The van der Waals surface area contributed by atoms with Crippen LogP contribution < -0.4 is 9.80 Å². The van der Waals surface area contributed by atoms with E-state index in [2.05, 4.69) is 13.2 Å². The summed E-state index contributed by atoms with van der Waals surface area (Å²) >= 11 is 6.15. The van der Waals surface area contributed by atoms with Gasteiger partial charge in [0.2, 0.25) is 11.8 Å². The summed E-state index contributed by atoms with van der Waals surface area (Å²) in [7, 11) is 0. The fraction of sp³-hybridized carbons (Fsp3) is 0.441. The lowest BCUT2D eigenvalue weighted by Crippen LogP contribution is -2.56. The molecule has 1 N–H and O–H groups in total. The van der Waals surface area contributed by atoms with Crippen molar-refractivity contribution in [1.82, 2.24) is 4.90 Å². The Morgan fingerprint density at radius 2 is 1.63 bits per heavy atom. The van der Waals surface area contributed by atoms with Gasteiger partial charge in [0.05, 0.1) is 17.4 Å². The molecule has 0 saturated carbocycles. The number of rotatable bonds is 13. The molecule has 9 heteroatoms. The second-order valence-electron chi connectivity index (χ2n) is 11.6. The first-order valence-corrected chi connectivity index (χ1v) is 15.4. The lowest BCUT2D eigenvalue weighted by molar-refractivity contribution is -0.146. The van der Waals surface area contributed by atoms with E-state index in [1.54, 1.807) is 51.1 Å². The second kappa shape index (κ2) is 12.6. The maximum absolute atomic E-state index is 14.7. The van der Waals surface area contributed by atoms with Crippen molar-refractivity contribution in [2.45, 2.75) is 56.3 Å². The monoisotopic (exact) mass is 605 g/mol. The third kappa shape index (κ3) is 5.19. The Hall–Kier alpha value is -3.46. The Kier molecular flexibility index (Phi) is 9.11. The van der Waals surface area contributed by atoms with Crippen molar-refractivity contribution in [3.05, 3.63) is 84.9 Å². The Labute approximate surface area is 258 Å². The highest BCUT2D eigenvalue weighted by molar-refractivity contribution is 6.30. The molecule has 228 valence electrons. The van der Waals surface area contributed by atoms with Crippen molar-refractivity contribution < 1.29 is 24.2 Å². The van der Waals surface area contributed by atoms with Crippen molar-refractivity contribution in [3.8, 4) is 0 Å². The average Bonchev–Trinajstić information content (AvgIpc) is 3.63. The number of anilines is 2. The number of para-hydroxylation sites is 1. The highest BCUT2D eigenvalue weighted by Gasteiger charge is 2.79. The molecule has 0 aliphatic carbocycles. The Morgan fingerprint density at radius 1 is 1.00 bits per heavy atom. The first kappa shape index (κ1) is 31.0. The quantitative estimate of drug-likeness (QED) is 0.256. The van der Waals surface area contributed by atoms with Crippen LogP contribution in [0.3, 0.4) is 0 Å². The predicted octanol–water partition coefficient (Wildman–Crippen LogP) is 5.01. The summed E-state index contributed by atoms with van der Waals surface area (Å²) in [6, 6.07) is 15.4. The number of unbranched alkanes of at least 4 members (excludes halogenated alkanes) is 1. The van der Waals surface area contributed by atoms with E-state index in [1.807, 2.05) is 37.3 Å². The van der Waals surface area contributed by atoms with Gasteiger partial charge >= 0.3 is 0 Å². The summed E-state index contributed by atoms with van der Waals surface area (Å²) in [4.78, 5) is 48.7. The van der Waals surface area contributed by atoms with E-state index in [9.17, 15) is 19.5 Å². The van der Waals surface area contributed by atoms with Gasteiger partial charge in [0, 0.05) is 42.6 Å². The van der Waals surface area contributed by atoms with Crippen LogP contribution in [0.25, 0.3) is 0 Å². The van der Waals surface area contributed by atoms with E-state index in [0.717, 1.165) is 0 Å². The Morgan fingerprint density at radius 3 is 2.23 bits per heavy atom. The molecule has 0 aromatic heterocycles. The Bertz CT molecular complexity index is 1370. The van der Waals surface area contributed by atoms with Crippen LogP contribution >= 0.6 is 11.6 Å². The zero-order chi connectivity index (χ0) is 30.8. The minimum Gasteiger partial charge on any atom is -0.396 e. The second-order valence-corrected chi connectivity index (χ2v) is 12.0. The first-order valence-electron chi connectivity index (χ1n) is 15.0. The topological polar surface area (TPSA) is 90.4 Å². The molecular formula is C34H40ClN3O5. The third-order valence-electron chi connectivity index (χ3n) is 9.35. The molecule has 43 heavy (non-hydrogen) atoms. The predicted molar refractivity (Wildman–Crippen MR) is 168 cm³/mol. The molecule has 3 amide bonds. The van der Waals surface area contributed by atoms with Crippen molar-refractivity contribution in [2.75, 3.05) is 36.0 Å². The fourth-order valence-corrected chi connectivity index (χ4v) is 7.58. The van der Waals surface area contributed by atoms with E-state index in [1.165, 1.54) is 0 Å². The summed E-state index contributed by atoms with van der Waals surface area (Å²) in [6.07, 6.45) is 5.91. The van der Waals surface area contributed by atoms with Crippen LogP contribution in [0.15, 0.2) is 79.9 Å². The molecule has 5 atom stereocenters. The van der Waals surface area contributed by atoms with E-state index < -0.39 is 29.1 Å². The summed E-state index contributed by atoms with van der Waals surface area (Å²) in [6.45, 7) is 10.5. The maximum atomic E-state index is 14.7. The summed E-state index contributed by atoms with van der Waals surface area (Å²) in [5.74, 6) is -2.31. The standard InChI is InChI=1S/C34H40ClN3O5/c1-4-20-36(25-12-8-7-9-13-25)30(40)27-28-31(41)38(22-10-11-23-39)29(34(28)19-18-33(27,6-3)43-34)32(42)37(21-5-2)26-16-14-24(35)15-17-26/h4-5,7-9,12-17,27-29,39H,1-2,6,10-11,18-23H2,3H3/t27-,28+,29?,33+,34?/m1/s1. The van der Waals surface area contributed by atoms with Crippen molar-refractivity contribution in [2.24, 2.45) is 11.8 Å². The maximum Gasteiger partial charge on any atom is 0.253 e. The number of hydrogen-bond donors (Lipinski definition) is 1. The molecule has 3 saturated heterocycles. The van der Waals surface area contributed by atoms with Gasteiger partial charge in [-0.1, -0.05) is 48.9 Å². The molecule has 8 nitrogen and oxygen atoms in total. The minimum absolute atomic E-state index is 0.0211. The van der Waals surface area contributed by atoms with Crippen molar-refractivity contribution in [3.63, 3.8) is 0 Å². The highest BCUT2D eigenvalue weighted by atomic mass is 35.5. The van der Waals surface area contributed by atoms with Crippen LogP contribution in [0.1, 0.15) is 39.0 Å². The van der Waals surface area contributed by atoms with Crippen LogP contribution in [0, 0.1) is 11.8 Å². The van der Waals surface area contributed by atoms with Gasteiger partial charge in [-0.15, -0.1) is 13.2 Å². The number of benzene rings is 2. The van der Waals surface area contributed by atoms with Crippen LogP contribution in [0.4, 0.5) is 11.4 Å².